The van der Waals surface area contributed by atoms with Gasteiger partial charge in [-0.25, -0.2) is 0 Å². The van der Waals surface area contributed by atoms with Gasteiger partial charge < -0.3 is 0 Å². The number of hydrogen-bond acceptors (Lipinski definition) is 2. The van der Waals surface area contributed by atoms with E-state index in [1.165, 1.54) is 10.6 Å². The van der Waals surface area contributed by atoms with Crippen LogP contribution in [0.15, 0.2) is 60.7 Å². The fourth-order valence-corrected chi connectivity index (χ4v) is 8.33. The van der Waals surface area contributed by atoms with Gasteiger partial charge in [-0.2, -0.15) is 5.26 Å². The van der Waals surface area contributed by atoms with Crippen molar-refractivity contribution in [3.05, 3.63) is 60.7 Å². The summed E-state index contributed by atoms with van der Waals surface area (Å²) in [6.45, 7) is 0. The minimum atomic E-state index is -2.13. The first-order chi connectivity index (χ1) is 10.2. The zero-order valence-corrected chi connectivity index (χ0v) is 13.6. The molecular weight excluding hydrogens is 293 g/mol. The summed E-state index contributed by atoms with van der Waals surface area (Å²) in [7, 11) is 0. The second-order valence-electron chi connectivity index (χ2n) is 5.63. The number of hydrogen-bond donors (Lipinski definition) is 0. The Balaban J connectivity index is 2.27. The molecule has 0 unspecified atom stereocenters. The zero-order chi connectivity index (χ0) is 14.8. The van der Waals surface area contributed by atoms with Crippen LogP contribution in [0.5, 0.6) is 0 Å². The van der Waals surface area contributed by atoms with Crippen LogP contribution in [0.1, 0.15) is 25.7 Å². The predicted octanol–water partition coefficient (Wildman–Crippen LogP) is 3.95. The van der Waals surface area contributed by atoms with E-state index in [-0.39, 0.29) is 5.16 Å². The third kappa shape index (κ3) is 2.26. The molecule has 1 saturated carbocycles. The summed E-state index contributed by atoms with van der Waals surface area (Å²) < 4.78 is 0. The second-order valence-corrected chi connectivity index (χ2v) is 10.4. The summed E-state index contributed by atoms with van der Waals surface area (Å²) in [6.07, 6.45) is 4.10. The highest BCUT2D eigenvalue weighted by molar-refractivity contribution is 8.22. The average Bonchev–Trinajstić information content (AvgIpc) is 3.06. The molecule has 0 spiro atoms. The molecule has 3 rings (SSSR count). The predicted molar refractivity (Wildman–Crippen MR) is 93.2 cm³/mol. The van der Waals surface area contributed by atoms with E-state index in [4.69, 9.17) is 11.8 Å². The molecule has 1 fully saturated rings. The monoisotopic (exact) mass is 311 g/mol. The number of nitriles is 1. The molecule has 0 saturated heterocycles. The molecule has 0 atom stereocenters. The van der Waals surface area contributed by atoms with Gasteiger partial charge in [0.2, 0.25) is 0 Å². The van der Waals surface area contributed by atoms with Crippen LogP contribution in [0.25, 0.3) is 0 Å². The Morgan fingerprint density at radius 2 is 1.29 bits per heavy atom. The van der Waals surface area contributed by atoms with Crippen LogP contribution >= 0.6 is 6.04 Å². The van der Waals surface area contributed by atoms with Crippen molar-refractivity contribution in [1.82, 2.24) is 0 Å². The fourth-order valence-electron chi connectivity index (χ4n) is 3.38. The van der Waals surface area contributed by atoms with Crippen molar-refractivity contribution >= 4 is 28.5 Å². The summed E-state index contributed by atoms with van der Waals surface area (Å²) in [6, 6.07) is 21.2. The summed E-state index contributed by atoms with van der Waals surface area (Å²) in [5, 5.41) is 12.0. The molecule has 2 aromatic carbocycles. The normalized spacial score (nSPS) is 17.3. The Morgan fingerprint density at radius 1 is 0.857 bits per heavy atom. The summed E-state index contributed by atoms with van der Waals surface area (Å²) >= 11 is 6.29. The maximum atomic E-state index is 9.99. The SMILES string of the molecule is N#CC1(P(=S)(c2ccccc2)c2ccccc2)CCCC1. The Kier molecular flexibility index (Phi) is 3.98. The van der Waals surface area contributed by atoms with Crippen LogP contribution < -0.4 is 10.6 Å². The lowest BCUT2D eigenvalue weighted by Crippen LogP contribution is -2.34. The molecule has 0 heterocycles. The molecule has 0 amide bonds. The molecule has 2 aromatic rings. The number of rotatable bonds is 3. The van der Waals surface area contributed by atoms with Crippen LogP contribution in [-0.2, 0) is 11.8 Å². The van der Waals surface area contributed by atoms with Gasteiger partial charge >= 0.3 is 0 Å². The van der Waals surface area contributed by atoms with Gasteiger partial charge in [0.1, 0.15) is 0 Å². The van der Waals surface area contributed by atoms with Crippen molar-refractivity contribution in [3.8, 4) is 6.07 Å². The van der Waals surface area contributed by atoms with Gasteiger partial charge in [-0.1, -0.05) is 85.3 Å². The molecule has 0 aliphatic heterocycles. The Hall–Kier alpha value is -1.42. The van der Waals surface area contributed by atoms with Gasteiger partial charge in [0, 0.05) is 6.04 Å². The summed E-state index contributed by atoms with van der Waals surface area (Å²) in [4.78, 5) is 0. The van der Waals surface area contributed by atoms with E-state index in [0.717, 1.165) is 25.7 Å². The lowest BCUT2D eigenvalue weighted by Gasteiger charge is -2.36. The molecule has 1 nitrogen and oxygen atoms in total. The number of benzene rings is 2. The minimum absolute atomic E-state index is 0.370. The van der Waals surface area contributed by atoms with Crippen LogP contribution in [0.4, 0.5) is 0 Å². The van der Waals surface area contributed by atoms with Gasteiger partial charge in [-0.15, -0.1) is 0 Å². The smallest absolute Gasteiger partial charge is 0.0937 e. The molecule has 0 aromatic heterocycles. The van der Waals surface area contributed by atoms with E-state index in [9.17, 15) is 5.26 Å². The Labute approximate surface area is 131 Å². The maximum Gasteiger partial charge on any atom is 0.0937 e. The highest BCUT2D eigenvalue weighted by Gasteiger charge is 2.48. The fraction of sp³-hybridized carbons (Fsp3) is 0.278. The van der Waals surface area contributed by atoms with Crippen molar-refractivity contribution in [2.75, 3.05) is 0 Å². The zero-order valence-electron chi connectivity index (χ0n) is 11.9. The van der Waals surface area contributed by atoms with Gasteiger partial charge in [0.15, 0.2) is 0 Å². The van der Waals surface area contributed by atoms with Crippen molar-refractivity contribution in [3.63, 3.8) is 0 Å². The van der Waals surface area contributed by atoms with Gasteiger partial charge in [-0.05, 0) is 23.5 Å². The van der Waals surface area contributed by atoms with Crippen molar-refractivity contribution in [2.45, 2.75) is 30.8 Å². The standard InChI is InChI=1S/C18H18NPS/c19-15-18(13-7-8-14-18)20(21,16-9-3-1-4-10-16)17-11-5-2-6-12-17/h1-6,9-12H,7-8,13-14H2. The molecule has 0 radical (unpaired) electrons. The Bertz CT molecular complexity index is 654. The third-order valence-corrected chi connectivity index (χ3v) is 10.6. The van der Waals surface area contributed by atoms with E-state index in [1.54, 1.807) is 0 Å². The van der Waals surface area contributed by atoms with Crippen LogP contribution in [0, 0.1) is 11.3 Å². The molecule has 0 bridgehead atoms. The van der Waals surface area contributed by atoms with E-state index in [0.29, 0.717) is 0 Å². The molecule has 0 N–H and O–H groups in total. The molecule has 106 valence electrons. The van der Waals surface area contributed by atoms with Gasteiger partial charge in [0.25, 0.3) is 0 Å². The van der Waals surface area contributed by atoms with Gasteiger partial charge in [-0.3, -0.25) is 0 Å². The maximum absolute atomic E-state index is 9.99. The minimum Gasteiger partial charge on any atom is -0.197 e. The lowest BCUT2D eigenvalue weighted by molar-refractivity contribution is 0.750. The number of nitrogens with zero attached hydrogens (tertiary/aromatic N) is 1. The first-order valence-corrected chi connectivity index (χ1v) is 10.2. The second kappa shape index (κ2) is 5.76. The first-order valence-electron chi connectivity index (χ1n) is 7.36. The first kappa shape index (κ1) is 14.5. The molecule has 3 heteroatoms. The van der Waals surface area contributed by atoms with Crippen LogP contribution in [0.2, 0.25) is 0 Å². The average molecular weight is 311 g/mol. The summed E-state index contributed by atoms with van der Waals surface area (Å²) in [5.74, 6) is 0. The quantitative estimate of drug-likeness (QED) is 0.801. The van der Waals surface area contributed by atoms with Crippen LogP contribution in [-0.4, -0.2) is 5.16 Å². The molecule has 1 aliphatic rings. The summed E-state index contributed by atoms with van der Waals surface area (Å²) in [5.41, 5.74) is 0. The van der Waals surface area contributed by atoms with E-state index in [2.05, 4.69) is 30.3 Å². The van der Waals surface area contributed by atoms with E-state index < -0.39 is 6.04 Å². The van der Waals surface area contributed by atoms with E-state index >= 15 is 0 Å². The lowest BCUT2D eigenvalue weighted by atomic mass is 10.1. The Morgan fingerprint density at radius 3 is 1.67 bits per heavy atom. The van der Waals surface area contributed by atoms with Crippen molar-refractivity contribution in [2.24, 2.45) is 0 Å². The van der Waals surface area contributed by atoms with Crippen LogP contribution in [0.3, 0.4) is 0 Å². The molecule has 21 heavy (non-hydrogen) atoms. The van der Waals surface area contributed by atoms with Gasteiger partial charge in [0.05, 0.1) is 11.2 Å². The van der Waals surface area contributed by atoms with Crippen molar-refractivity contribution < 1.29 is 0 Å². The topological polar surface area (TPSA) is 23.8 Å². The third-order valence-electron chi connectivity index (χ3n) is 4.48. The molecular formula is C18H18NPS. The largest absolute Gasteiger partial charge is 0.197 e. The van der Waals surface area contributed by atoms with E-state index in [1.807, 2.05) is 36.4 Å². The highest BCUT2D eigenvalue weighted by Crippen LogP contribution is 2.62. The molecule has 1 aliphatic carbocycles. The van der Waals surface area contributed by atoms with Crippen molar-refractivity contribution in [1.29, 1.82) is 5.26 Å². The highest BCUT2D eigenvalue weighted by atomic mass is 32.4.